The first-order valence-corrected chi connectivity index (χ1v) is 8.64. The van der Waals surface area contributed by atoms with Gasteiger partial charge in [0, 0.05) is 6.54 Å². The third-order valence-electron chi connectivity index (χ3n) is 3.37. The molecule has 0 aliphatic carbocycles. The van der Waals surface area contributed by atoms with Gasteiger partial charge in [0.1, 0.15) is 12.4 Å². The number of aryl methyl sites for hydroxylation is 3. The first-order chi connectivity index (χ1) is 10.4. The highest BCUT2D eigenvalue weighted by atomic mass is 32.2. The summed E-state index contributed by atoms with van der Waals surface area (Å²) in [6, 6.07) is 12.9. The van der Waals surface area contributed by atoms with Crippen LogP contribution >= 0.6 is 0 Å². The molecule has 0 radical (unpaired) electrons. The van der Waals surface area contributed by atoms with Crippen LogP contribution in [0.1, 0.15) is 16.7 Å². The van der Waals surface area contributed by atoms with Gasteiger partial charge in [0.15, 0.2) is 0 Å². The van der Waals surface area contributed by atoms with E-state index >= 15 is 0 Å². The summed E-state index contributed by atoms with van der Waals surface area (Å²) >= 11 is 0. The van der Waals surface area contributed by atoms with Crippen LogP contribution in [-0.2, 0) is 10.0 Å². The molecule has 5 heteroatoms. The number of sulfonamides is 1. The van der Waals surface area contributed by atoms with Crippen molar-refractivity contribution in [3.63, 3.8) is 0 Å². The zero-order valence-electron chi connectivity index (χ0n) is 13.1. The maximum atomic E-state index is 12.3. The number of rotatable bonds is 6. The molecule has 118 valence electrons. The molecule has 0 aliphatic heterocycles. The van der Waals surface area contributed by atoms with Gasteiger partial charge in [-0.1, -0.05) is 35.9 Å². The largest absolute Gasteiger partial charge is 0.492 e. The molecule has 2 aromatic carbocycles. The molecule has 4 nitrogen and oxygen atoms in total. The highest BCUT2D eigenvalue weighted by Crippen LogP contribution is 2.17. The van der Waals surface area contributed by atoms with Crippen LogP contribution in [-0.4, -0.2) is 21.6 Å². The van der Waals surface area contributed by atoms with Crippen LogP contribution in [0.4, 0.5) is 0 Å². The molecule has 0 spiro atoms. The van der Waals surface area contributed by atoms with Crippen LogP contribution < -0.4 is 9.46 Å². The Labute approximate surface area is 132 Å². The van der Waals surface area contributed by atoms with E-state index in [0.717, 1.165) is 22.4 Å². The van der Waals surface area contributed by atoms with E-state index in [-0.39, 0.29) is 13.2 Å². The van der Waals surface area contributed by atoms with Crippen molar-refractivity contribution in [3.8, 4) is 5.75 Å². The molecule has 0 aliphatic rings. The predicted molar refractivity (Wildman–Crippen MR) is 87.8 cm³/mol. The minimum Gasteiger partial charge on any atom is -0.492 e. The molecule has 0 unspecified atom stereocenters. The van der Waals surface area contributed by atoms with E-state index in [2.05, 4.69) is 4.72 Å². The second kappa shape index (κ2) is 6.94. The number of para-hydroxylation sites is 1. The van der Waals surface area contributed by atoms with Gasteiger partial charge in [-0.05, 0) is 44.0 Å². The van der Waals surface area contributed by atoms with E-state index < -0.39 is 10.0 Å². The fourth-order valence-corrected chi connectivity index (χ4v) is 3.47. The monoisotopic (exact) mass is 319 g/mol. The minimum absolute atomic E-state index is 0.226. The third kappa shape index (κ3) is 4.08. The number of benzene rings is 2. The Hall–Kier alpha value is -1.85. The zero-order chi connectivity index (χ0) is 16.2. The predicted octanol–water partition coefficient (Wildman–Crippen LogP) is 2.97. The summed E-state index contributed by atoms with van der Waals surface area (Å²) < 4.78 is 32.7. The van der Waals surface area contributed by atoms with Gasteiger partial charge in [-0.2, -0.15) is 0 Å². The molecule has 2 rings (SSSR count). The van der Waals surface area contributed by atoms with Gasteiger partial charge in [-0.25, -0.2) is 13.1 Å². The minimum atomic E-state index is -3.50. The summed E-state index contributed by atoms with van der Waals surface area (Å²) in [5, 5.41) is 0. The molecular formula is C17H21NO3S. The van der Waals surface area contributed by atoms with Gasteiger partial charge >= 0.3 is 0 Å². The van der Waals surface area contributed by atoms with Gasteiger partial charge < -0.3 is 4.74 Å². The van der Waals surface area contributed by atoms with Crippen molar-refractivity contribution in [1.29, 1.82) is 0 Å². The first-order valence-electron chi connectivity index (χ1n) is 7.15. The van der Waals surface area contributed by atoms with Crippen LogP contribution in [0.15, 0.2) is 47.4 Å². The van der Waals surface area contributed by atoms with Crippen molar-refractivity contribution in [3.05, 3.63) is 59.2 Å². The molecule has 1 N–H and O–H groups in total. The number of hydrogen-bond donors (Lipinski definition) is 1. The number of ether oxygens (including phenoxy) is 1. The van der Waals surface area contributed by atoms with Crippen LogP contribution in [0, 0.1) is 20.8 Å². The van der Waals surface area contributed by atoms with Crippen molar-refractivity contribution >= 4 is 10.0 Å². The topological polar surface area (TPSA) is 55.4 Å². The van der Waals surface area contributed by atoms with Crippen LogP contribution in [0.3, 0.4) is 0 Å². The molecule has 0 bridgehead atoms. The molecule has 0 aromatic heterocycles. The van der Waals surface area contributed by atoms with Gasteiger partial charge in [0.2, 0.25) is 10.0 Å². The van der Waals surface area contributed by atoms with Crippen molar-refractivity contribution in [1.82, 2.24) is 4.72 Å². The molecule has 0 heterocycles. The van der Waals surface area contributed by atoms with E-state index in [1.54, 1.807) is 19.1 Å². The fraction of sp³-hybridized carbons (Fsp3) is 0.294. The third-order valence-corrected chi connectivity index (χ3v) is 4.99. The summed E-state index contributed by atoms with van der Waals surface area (Å²) in [4.78, 5) is 0.314. The fourth-order valence-electron chi connectivity index (χ4n) is 2.23. The summed E-state index contributed by atoms with van der Waals surface area (Å²) in [7, 11) is -3.50. The van der Waals surface area contributed by atoms with Crippen molar-refractivity contribution in [2.75, 3.05) is 13.2 Å². The standard InChI is InChI=1S/C17H21NO3S/c1-13-8-9-17(15(3)12-13)22(19,20)18-10-11-21-16-7-5-4-6-14(16)2/h4-9,12,18H,10-11H2,1-3H3. The van der Waals surface area contributed by atoms with Crippen molar-refractivity contribution in [2.24, 2.45) is 0 Å². The summed E-state index contributed by atoms with van der Waals surface area (Å²) in [6.07, 6.45) is 0. The Morgan fingerprint density at radius 1 is 1.00 bits per heavy atom. The quantitative estimate of drug-likeness (QED) is 0.833. The summed E-state index contributed by atoms with van der Waals surface area (Å²) in [5.41, 5.74) is 2.81. The van der Waals surface area contributed by atoms with Gasteiger partial charge in [-0.3, -0.25) is 0 Å². The van der Waals surface area contributed by atoms with Crippen LogP contribution in [0.25, 0.3) is 0 Å². The molecule has 0 atom stereocenters. The van der Waals surface area contributed by atoms with Crippen molar-refractivity contribution in [2.45, 2.75) is 25.7 Å². The second-order valence-electron chi connectivity index (χ2n) is 5.28. The average Bonchev–Trinajstić information content (AvgIpc) is 2.45. The Balaban J connectivity index is 1.94. The first kappa shape index (κ1) is 16.5. The van der Waals surface area contributed by atoms with E-state index in [4.69, 9.17) is 4.74 Å². The zero-order valence-corrected chi connectivity index (χ0v) is 13.9. The van der Waals surface area contributed by atoms with E-state index in [1.165, 1.54) is 0 Å². The van der Waals surface area contributed by atoms with E-state index in [0.29, 0.717) is 4.90 Å². The van der Waals surface area contributed by atoms with Crippen LogP contribution in [0.5, 0.6) is 5.75 Å². The molecule has 0 saturated heterocycles. The summed E-state index contributed by atoms with van der Waals surface area (Å²) in [6.45, 7) is 6.20. The van der Waals surface area contributed by atoms with E-state index in [9.17, 15) is 8.42 Å². The molecule has 22 heavy (non-hydrogen) atoms. The highest BCUT2D eigenvalue weighted by Gasteiger charge is 2.16. The molecule has 2 aromatic rings. The Morgan fingerprint density at radius 3 is 2.41 bits per heavy atom. The van der Waals surface area contributed by atoms with Gasteiger partial charge in [-0.15, -0.1) is 0 Å². The summed E-state index contributed by atoms with van der Waals surface area (Å²) in [5.74, 6) is 0.771. The smallest absolute Gasteiger partial charge is 0.240 e. The van der Waals surface area contributed by atoms with Gasteiger partial charge in [0.05, 0.1) is 4.90 Å². The van der Waals surface area contributed by atoms with Crippen LogP contribution in [0.2, 0.25) is 0 Å². The second-order valence-corrected chi connectivity index (χ2v) is 7.02. The number of hydrogen-bond acceptors (Lipinski definition) is 3. The maximum absolute atomic E-state index is 12.3. The SMILES string of the molecule is Cc1ccc(S(=O)(=O)NCCOc2ccccc2C)c(C)c1. The highest BCUT2D eigenvalue weighted by molar-refractivity contribution is 7.89. The normalized spacial score (nSPS) is 11.4. The Morgan fingerprint density at radius 2 is 1.73 bits per heavy atom. The average molecular weight is 319 g/mol. The lowest BCUT2D eigenvalue weighted by atomic mass is 10.2. The molecular weight excluding hydrogens is 298 g/mol. The van der Waals surface area contributed by atoms with Gasteiger partial charge in [0.25, 0.3) is 0 Å². The Bertz CT molecular complexity index is 754. The number of nitrogens with one attached hydrogen (secondary N) is 1. The van der Waals surface area contributed by atoms with E-state index in [1.807, 2.05) is 44.2 Å². The van der Waals surface area contributed by atoms with Crippen molar-refractivity contribution < 1.29 is 13.2 Å². The lowest BCUT2D eigenvalue weighted by Crippen LogP contribution is -2.28. The Kier molecular flexibility index (Phi) is 5.21. The molecule has 0 fully saturated rings. The lowest BCUT2D eigenvalue weighted by Gasteiger charge is -2.11. The maximum Gasteiger partial charge on any atom is 0.240 e. The molecule has 0 amide bonds. The molecule has 0 saturated carbocycles. The lowest BCUT2D eigenvalue weighted by molar-refractivity contribution is 0.320.